The summed E-state index contributed by atoms with van der Waals surface area (Å²) in [5.74, 6) is 0. The zero-order valence-electron chi connectivity index (χ0n) is 13.9. The zero-order valence-corrected chi connectivity index (χ0v) is 13.9. The van der Waals surface area contributed by atoms with Crippen molar-refractivity contribution in [3.63, 3.8) is 0 Å². The lowest BCUT2D eigenvalue weighted by atomic mass is 10.2. The van der Waals surface area contributed by atoms with Gasteiger partial charge in [0.05, 0.1) is 19.5 Å². The molecule has 126 valence electrons. The van der Waals surface area contributed by atoms with Gasteiger partial charge in [-0.2, -0.15) is 0 Å². The predicted molar refractivity (Wildman–Crippen MR) is 86.7 cm³/mol. The molecule has 2 aromatic heterocycles. The van der Waals surface area contributed by atoms with E-state index in [1.807, 2.05) is 0 Å². The number of hydrogen-bond donors (Lipinski definition) is 0. The lowest BCUT2D eigenvalue weighted by molar-refractivity contribution is -0.00116. The van der Waals surface area contributed by atoms with Gasteiger partial charge in [-0.05, 0) is 13.3 Å². The quantitative estimate of drug-likeness (QED) is 0.762. The third kappa shape index (κ3) is 2.84. The minimum Gasteiger partial charge on any atom is -0.379 e. The molecule has 2 aromatic rings. The Bertz CT molecular complexity index is 819. The molecule has 1 aliphatic heterocycles. The molecule has 1 fully saturated rings. The highest BCUT2D eigenvalue weighted by molar-refractivity contribution is 5.69. The molecule has 1 saturated heterocycles. The van der Waals surface area contributed by atoms with Crippen molar-refractivity contribution in [1.82, 2.24) is 23.6 Å². The van der Waals surface area contributed by atoms with Crippen molar-refractivity contribution in [3.05, 3.63) is 27.2 Å². The Labute approximate surface area is 133 Å². The number of fused-ring (bicyclic) bond motifs is 1. The van der Waals surface area contributed by atoms with Gasteiger partial charge in [0.25, 0.3) is 5.56 Å². The number of ether oxygens (including phenoxy) is 1. The molecule has 8 heteroatoms. The predicted octanol–water partition coefficient (Wildman–Crippen LogP) is -0.455. The minimum absolute atomic E-state index is 0.266. The molecular formula is C15H23N5O3. The highest BCUT2D eigenvalue weighted by atomic mass is 16.5. The van der Waals surface area contributed by atoms with E-state index in [2.05, 4.69) is 16.8 Å². The summed E-state index contributed by atoms with van der Waals surface area (Å²) in [6, 6.07) is 0.378. The molecule has 23 heavy (non-hydrogen) atoms. The largest absolute Gasteiger partial charge is 0.379 e. The van der Waals surface area contributed by atoms with Crippen LogP contribution in [0.1, 0.15) is 13.3 Å². The molecule has 1 atom stereocenters. The fraction of sp³-hybridized carbons (Fsp3) is 0.667. The fourth-order valence-electron chi connectivity index (χ4n) is 3.12. The van der Waals surface area contributed by atoms with E-state index in [0.29, 0.717) is 23.8 Å². The van der Waals surface area contributed by atoms with Gasteiger partial charge in [0.2, 0.25) is 0 Å². The van der Waals surface area contributed by atoms with Crippen molar-refractivity contribution < 1.29 is 4.74 Å². The molecule has 0 bridgehead atoms. The van der Waals surface area contributed by atoms with Gasteiger partial charge in [-0.1, -0.05) is 0 Å². The van der Waals surface area contributed by atoms with Crippen LogP contribution in [0.25, 0.3) is 11.2 Å². The van der Waals surface area contributed by atoms with Crippen molar-refractivity contribution in [1.29, 1.82) is 0 Å². The topological polar surface area (TPSA) is 74.3 Å². The van der Waals surface area contributed by atoms with E-state index < -0.39 is 0 Å². The highest BCUT2D eigenvalue weighted by Gasteiger charge is 2.19. The van der Waals surface area contributed by atoms with Gasteiger partial charge in [0, 0.05) is 39.8 Å². The summed E-state index contributed by atoms with van der Waals surface area (Å²) in [5, 5.41) is 0. The Hall–Kier alpha value is -1.93. The Kier molecular flexibility index (Phi) is 4.36. The summed E-state index contributed by atoms with van der Waals surface area (Å²) in [7, 11) is 3.42. The van der Waals surface area contributed by atoms with E-state index >= 15 is 0 Å². The van der Waals surface area contributed by atoms with Gasteiger partial charge in [0.1, 0.15) is 0 Å². The molecule has 0 unspecified atom stereocenters. The van der Waals surface area contributed by atoms with Crippen LogP contribution in [-0.2, 0) is 25.4 Å². The second-order valence-corrected chi connectivity index (χ2v) is 6.14. The Morgan fingerprint density at radius 2 is 2.09 bits per heavy atom. The average Bonchev–Trinajstić information content (AvgIpc) is 2.92. The number of rotatable bonds is 4. The minimum atomic E-state index is -0.309. The normalized spacial score (nSPS) is 19.5. The SMILES string of the molecule is C[C@H]1COCCN1CCCn1c(=O)c2c(ncn2C)n(C)c1=O. The zero-order chi connectivity index (χ0) is 16.6. The number of imidazole rings is 1. The molecule has 0 aliphatic carbocycles. The van der Waals surface area contributed by atoms with Crippen LogP contribution in [0.3, 0.4) is 0 Å². The van der Waals surface area contributed by atoms with Gasteiger partial charge in [-0.15, -0.1) is 0 Å². The summed E-state index contributed by atoms with van der Waals surface area (Å²) >= 11 is 0. The number of hydrogen-bond acceptors (Lipinski definition) is 5. The van der Waals surface area contributed by atoms with E-state index in [1.54, 1.807) is 25.0 Å². The highest BCUT2D eigenvalue weighted by Crippen LogP contribution is 2.07. The molecule has 0 spiro atoms. The third-order valence-electron chi connectivity index (χ3n) is 4.53. The third-order valence-corrected chi connectivity index (χ3v) is 4.53. The smallest absolute Gasteiger partial charge is 0.332 e. The van der Waals surface area contributed by atoms with Crippen molar-refractivity contribution in [3.8, 4) is 0 Å². The molecule has 0 N–H and O–H groups in total. The van der Waals surface area contributed by atoms with Crippen LogP contribution in [0.2, 0.25) is 0 Å². The van der Waals surface area contributed by atoms with Crippen molar-refractivity contribution in [2.75, 3.05) is 26.3 Å². The molecule has 0 aromatic carbocycles. The maximum Gasteiger partial charge on any atom is 0.332 e. The second-order valence-electron chi connectivity index (χ2n) is 6.14. The number of nitrogens with zero attached hydrogens (tertiary/aromatic N) is 5. The Morgan fingerprint density at radius 1 is 1.30 bits per heavy atom. The van der Waals surface area contributed by atoms with Crippen molar-refractivity contribution >= 4 is 11.2 Å². The molecule has 3 rings (SSSR count). The standard InChI is InChI=1S/C15H23N5O3/c1-11-9-23-8-7-19(11)5-4-6-20-14(21)12-13(16-10-17(12)2)18(3)15(20)22/h10-11H,4-9H2,1-3H3/t11-/m0/s1. The lowest BCUT2D eigenvalue weighted by Crippen LogP contribution is -2.45. The molecule has 8 nitrogen and oxygen atoms in total. The molecule has 1 aliphatic rings. The summed E-state index contributed by atoms with van der Waals surface area (Å²) in [6.45, 7) is 5.77. The molecule has 0 saturated carbocycles. The fourth-order valence-corrected chi connectivity index (χ4v) is 3.12. The maximum atomic E-state index is 12.6. The summed E-state index contributed by atoms with van der Waals surface area (Å²) in [4.78, 5) is 31.5. The van der Waals surface area contributed by atoms with Crippen LogP contribution in [0, 0.1) is 0 Å². The molecule has 3 heterocycles. The van der Waals surface area contributed by atoms with E-state index in [9.17, 15) is 9.59 Å². The Balaban J connectivity index is 1.81. The average molecular weight is 321 g/mol. The van der Waals surface area contributed by atoms with Crippen LogP contribution < -0.4 is 11.2 Å². The lowest BCUT2D eigenvalue weighted by Gasteiger charge is -2.33. The number of aromatic nitrogens is 4. The van der Waals surface area contributed by atoms with Gasteiger partial charge in [0.15, 0.2) is 11.2 Å². The summed E-state index contributed by atoms with van der Waals surface area (Å²) in [6.07, 6.45) is 2.31. The first-order valence-electron chi connectivity index (χ1n) is 7.93. The van der Waals surface area contributed by atoms with E-state index in [4.69, 9.17) is 4.74 Å². The van der Waals surface area contributed by atoms with Crippen LogP contribution >= 0.6 is 0 Å². The van der Waals surface area contributed by atoms with E-state index in [-0.39, 0.29) is 11.2 Å². The van der Waals surface area contributed by atoms with Crippen molar-refractivity contribution in [2.24, 2.45) is 14.1 Å². The first-order chi connectivity index (χ1) is 11.0. The molecule has 0 radical (unpaired) electrons. The molecule has 0 amide bonds. The van der Waals surface area contributed by atoms with Gasteiger partial charge in [-0.25, -0.2) is 9.78 Å². The summed E-state index contributed by atoms with van der Waals surface area (Å²) < 4.78 is 9.84. The first kappa shape index (κ1) is 15.9. The van der Waals surface area contributed by atoms with Gasteiger partial charge in [-0.3, -0.25) is 18.8 Å². The van der Waals surface area contributed by atoms with Crippen LogP contribution in [0.4, 0.5) is 0 Å². The maximum absolute atomic E-state index is 12.6. The van der Waals surface area contributed by atoms with Crippen LogP contribution in [0.15, 0.2) is 15.9 Å². The van der Waals surface area contributed by atoms with Crippen LogP contribution in [0.5, 0.6) is 0 Å². The number of morpholine rings is 1. The summed E-state index contributed by atoms with van der Waals surface area (Å²) in [5.41, 5.74) is 0.321. The van der Waals surface area contributed by atoms with Gasteiger partial charge >= 0.3 is 5.69 Å². The second kappa shape index (κ2) is 6.29. The van der Waals surface area contributed by atoms with E-state index in [1.165, 1.54) is 9.13 Å². The molecular weight excluding hydrogens is 298 g/mol. The monoisotopic (exact) mass is 321 g/mol. The van der Waals surface area contributed by atoms with Gasteiger partial charge < -0.3 is 9.30 Å². The van der Waals surface area contributed by atoms with Crippen molar-refractivity contribution in [2.45, 2.75) is 25.9 Å². The van der Waals surface area contributed by atoms with Crippen LogP contribution in [-0.4, -0.2) is 55.9 Å². The Morgan fingerprint density at radius 3 is 2.83 bits per heavy atom. The van der Waals surface area contributed by atoms with E-state index in [0.717, 1.165) is 32.7 Å². The number of aryl methyl sites for hydroxylation is 2. The first-order valence-corrected chi connectivity index (χ1v) is 7.93.